The Morgan fingerprint density at radius 2 is 1.62 bits per heavy atom. The number of ether oxygens (including phenoxy) is 2. The Balaban J connectivity index is 2.08. The van der Waals surface area contributed by atoms with Crippen molar-refractivity contribution in [2.75, 3.05) is 14.2 Å². The highest BCUT2D eigenvalue weighted by atomic mass is 16.5. The van der Waals surface area contributed by atoms with Crippen molar-refractivity contribution < 1.29 is 14.6 Å². The highest BCUT2D eigenvalue weighted by molar-refractivity contribution is 5.89. The first kappa shape index (κ1) is 13.2. The predicted molar refractivity (Wildman–Crippen MR) is 81.9 cm³/mol. The molecule has 3 aromatic rings. The number of rotatable bonds is 3. The van der Waals surface area contributed by atoms with E-state index in [0.29, 0.717) is 11.1 Å². The zero-order valence-corrected chi connectivity index (χ0v) is 11.8. The van der Waals surface area contributed by atoms with Gasteiger partial charge < -0.3 is 14.6 Å². The van der Waals surface area contributed by atoms with Crippen LogP contribution >= 0.6 is 0 Å². The summed E-state index contributed by atoms with van der Waals surface area (Å²) < 4.78 is 10.3. The lowest BCUT2D eigenvalue weighted by Gasteiger charge is -2.08. The molecular formula is C17H15NO3. The lowest BCUT2D eigenvalue weighted by molar-refractivity contribution is 0.376. The normalized spacial score (nSPS) is 10.6. The van der Waals surface area contributed by atoms with Crippen molar-refractivity contribution in [3.05, 3.63) is 48.5 Å². The number of hydrogen-bond acceptors (Lipinski definition) is 4. The summed E-state index contributed by atoms with van der Waals surface area (Å²) in [7, 11) is 3.17. The number of nitrogens with zero attached hydrogens (tertiary/aromatic N) is 1. The van der Waals surface area contributed by atoms with Crippen molar-refractivity contribution in [2.24, 2.45) is 0 Å². The summed E-state index contributed by atoms with van der Waals surface area (Å²) in [5, 5.41) is 10.8. The average Bonchev–Trinajstić information content (AvgIpc) is 2.55. The van der Waals surface area contributed by atoms with Crippen molar-refractivity contribution >= 4 is 10.9 Å². The Morgan fingerprint density at radius 3 is 2.29 bits per heavy atom. The van der Waals surface area contributed by atoms with Crippen LogP contribution in [-0.2, 0) is 0 Å². The molecular weight excluding hydrogens is 266 g/mol. The number of aromatic nitrogens is 1. The van der Waals surface area contributed by atoms with E-state index in [2.05, 4.69) is 4.98 Å². The van der Waals surface area contributed by atoms with Crippen LogP contribution in [0.4, 0.5) is 0 Å². The molecule has 1 N–H and O–H groups in total. The van der Waals surface area contributed by atoms with Gasteiger partial charge in [0.1, 0.15) is 5.75 Å². The molecule has 0 fully saturated rings. The highest BCUT2D eigenvalue weighted by Gasteiger charge is 2.09. The molecule has 0 aliphatic rings. The van der Waals surface area contributed by atoms with Gasteiger partial charge in [-0.15, -0.1) is 0 Å². The number of aromatic hydroxyl groups is 1. The smallest absolute Gasteiger partial charge is 0.167 e. The second-order valence-electron chi connectivity index (χ2n) is 4.61. The fraction of sp³-hybridized carbons (Fsp3) is 0.118. The molecule has 21 heavy (non-hydrogen) atoms. The molecule has 4 heteroatoms. The molecule has 0 aliphatic carbocycles. The summed E-state index contributed by atoms with van der Waals surface area (Å²) in [6.45, 7) is 0. The quantitative estimate of drug-likeness (QED) is 0.796. The first-order valence-corrected chi connectivity index (χ1v) is 6.54. The summed E-state index contributed by atoms with van der Waals surface area (Å²) >= 11 is 0. The lowest BCUT2D eigenvalue weighted by Crippen LogP contribution is -1.89. The summed E-state index contributed by atoms with van der Waals surface area (Å²) in [5.74, 6) is 1.37. The molecule has 0 atom stereocenters. The van der Waals surface area contributed by atoms with Crippen LogP contribution in [0.5, 0.6) is 17.2 Å². The molecule has 2 aromatic carbocycles. The van der Waals surface area contributed by atoms with Gasteiger partial charge in [0, 0.05) is 10.9 Å². The minimum Gasteiger partial charge on any atom is -0.504 e. The molecule has 0 unspecified atom stereocenters. The average molecular weight is 281 g/mol. The number of pyridine rings is 1. The lowest BCUT2D eigenvalue weighted by atomic mass is 10.1. The Hall–Kier alpha value is -2.75. The van der Waals surface area contributed by atoms with Gasteiger partial charge in [-0.1, -0.05) is 0 Å². The van der Waals surface area contributed by atoms with E-state index in [1.54, 1.807) is 13.2 Å². The van der Waals surface area contributed by atoms with E-state index in [9.17, 15) is 5.11 Å². The zero-order valence-electron chi connectivity index (χ0n) is 11.8. The topological polar surface area (TPSA) is 51.6 Å². The van der Waals surface area contributed by atoms with Crippen molar-refractivity contribution in [3.63, 3.8) is 0 Å². The SMILES string of the molecule is COc1ccc(-c2ccc3c(O)c(OC)ccc3n2)cc1. The van der Waals surface area contributed by atoms with E-state index in [0.717, 1.165) is 22.5 Å². The van der Waals surface area contributed by atoms with Crippen LogP contribution in [0.2, 0.25) is 0 Å². The molecule has 3 rings (SSSR count). The van der Waals surface area contributed by atoms with Gasteiger partial charge >= 0.3 is 0 Å². The number of benzene rings is 2. The van der Waals surface area contributed by atoms with Crippen LogP contribution in [0.25, 0.3) is 22.2 Å². The first-order chi connectivity index (χ1) is 10.2. The zero-order chi connectivity index (χ0) is 14.8. The highest BCUT2D eigenvalue weighted by Crippen LogP contribution is 2.34. The fourth-order valence-corrected chi connectivity index (χ4v) is 2.26. The number of fused-ring (bicyclic) bond motifs is 1. The monoisotopic (exact) mass is 281 g/mol. The van der Waals surface area contributed by atoms with Crippen LogP contribution in [0.1, 0.15) is 0 Å². The van der Waals surface area contributed by atoms with E-state index in [1.807, 2.05) is 42.5 Å². The van der Waals surface area contributed by atoms with Crippen molar-refractivity contribution in [1.82, 2.24) is 4.98 Å². The van der Waals surface area contributed by atoms with Gasteiger partial charge in [0.25, 0.3) is 0 Å². The summed E-state index contributed by atoms with van der Waals surface area (Å²) in [6.07, 6.45) is 0. The van der Waals surface area contributed by atoms with Gasteiger partial charge in [-0.05, 0) is 48.5 Å². The minimum atomic E-state index is 0.115. The molecule has 1 heterocycles. The van der Waals surface area contributed by atoms with Gasteiger partial charge in [-0.25, -0.2) is 4.98 Å². The van der Waals surface area contributed by atoms with Crippen LogP contribution in [0.3, 0.4) is 0 Å². The Labute approximate surface area is 122 Å². The molecule has 0 amide bonds. The van der Waals surface area contributed by atoms with E-state index < -0.39 is 0 Å². The third kappa shape index (κ3) is 2.36. The van der Waals surface area contributed by atoms with Crippen molar-refractivity contribution in [3.8, 4) is 28.5 Å². The maximum Gasteiger partial charge on any atom is 0.167 e. The third-order valence-corrected chi connectivity index (χ3v) is 3.41. The van der Waals surface area contributed by atoms with E-state index in [1.165, 1.54) is 7.11 Å². The Bertz CT molecular complexity index is 782. The van der Waals surface area contributed by atoms with Crippen LogP contribution in [0.15, 0.2) is 48.5 Å². The third-order valence-electron chi connectivity index (χ3n) is 3.41. The van der Waals surface area contributed by atoms with Gasteiger partial charge in [0.2, 0.25) is 0 Å². The summed E-state index contributed by atoms with van der Waals surface area (Å²) in [5.41, 5.74) is 2.56. The molecule has 4 nitrogen and oxygen atoms in total. The number of methoxy groups -OCH3 is 2. The second kappa shape index (κ2) is 5.32. The molecule has 0 bridgehead atoms. The predicted octanol–water partition coefficient (Wildman–Crippen LogP) is 3.62. The van der Waals surface area contributed by atoms with Gasteiger partial charge in [0.15, 0.2) is 11.5 Å². The molecule has 1 aromatic heterocycles. The molecule has 0 aliphatic heterocycles. The second-order valence-corrected chi connectivity index (χ2v) is 4.61. The van der Waals surface area contributed by atoms with Gasteiger partial charge in [-0.2, -0.15) is 0 Å². The van der Waals surface area contributed by atoms with E-state index in [-0.39, 0.29) is 5.75 Å². The number of phenolic OH excluding ortho intramolecular Hbond substituents is 1. The van der Waals surface area contributed by atoms with Gasteiger partial charge in [0.05, 0.1) is 25.4 Å². The minimum absolute atomic E-state index is 0.115. The largest absolute Gasteiger partial charge is 0.504 e. The Morgan fingerprint density at radius 1 is 0.857 bits per heavy atom. The molecule has 0 radical (unpaired) electrons. The van der Waals surface area contributed by atoms with E-state index >= 15 is 0 Å². The molecule has 0 saturated heterocycles. The molecule has 0 spiro atoms. The summed E-state index contributed by atoms with van der Waals surface area (Å²) in [6, 6.07) is 15.0. The van der Waals surface area contributed by atoms with Crippen molar-refractivity contribution in [1.29, 1.82) is 0 Å². The molecule has 0 saturated carbocycles. The summed E-state index contributed by atoms with van der Waals surface area (Å²) in [4.78, 5) is 4.58. The van der Waals surface area contributed by atoms with Crippen LogP contribution < -0.4 is 9.47 Å². The van der Waals surface area contributed by atoms with Crippen LogP contribution in [-0.4, -0.2) is 24.3 Å². The van der Waals surface area contributed by atoms with Crippen molar-refractivity contribution in [2.45, 2.75) is 0 Å². The maximum atomic E-state index is 10.1. The maximum absolute atomic E-state index is 10.1. The van der Waals surface area contributed by atoms with Crippen LogP contribution in [0, 0.1) is 0 Å². The molecule has 106 valence electrons. The number of phenols is 1. The number of hydrogen-bond donors (Lipinski definition) is 1. The first-order valence-electron chi connectivity index (χ1n) is 6.54. The fourth-order valence-electron chi connectivity index (χ4n) is 2.26. The standard InChI is InChI=1S/C17H15NO3/c1-20-12-5-3-11(4-6-12)14-8-7-13-15(18-14)9-10-16(21-2)17(13)19/h3-10,19H,1-2H3. The Kier molecular flexibility index (Phi) is 3.36. The van der Waals surface area contributed by atoms with E-state index in [4.69, 9.17) is 9.47 Å². The van der Waals surface area contributed by atoms with Gasteiger partial charge in [-0.3, -0.25) is 0 Å².